The molecule has 2 aliphatic rings. The lowest BCUT2D eigenvalue weighted by Crippen LogP contribution is -3.16. The summed E-state index contributed by atoms with van der Waals surface area (Å²) < 4.78 is 4.78. The van der Waals surface area contributed by atoms with Crippen LogP contribution < -0.4 is 4.90 Å². The third-order valence-electron chi connectivity index (χ3n) is 4.11. The number of carbonyl (C=O) groups excluding carboxylic acids is 3. The Balaban J connectivity index is 1.76. The van der Waals surface area contributed by atoms with E-state index in [-0.39, 0.29) is 50.9 Å². The lowest BCUT2D eigenvalue weighted by atomic mass is 10.1. The van der Waals surface area contributed by atoms with Crippen LogP contribution in [0.3, 0.4) is 0 Å². The van der Waals surface area contributed by atoms with Crippen LogP contribution in [0, 0.1) is 0 Å². The first-order chi connectivity index (χ1) is 11.4. The number of halogens is 2. The van der Waals surface area contributed by atoms with Gasteiger partial charge in [0.15, 0.2) is 11.9 Å². The molecule has 6 nitrogen and oxygen atoms in total. The standard InChI is InChI=1S/C15H14Cl2N2O4S/c1-23-15(22)12-6-18(2-3-24-12)7-19-13(20)8-4-10(16)11(17)5-9(8)14(19)21/h4-5,12H,2-3,6-7H2,1H3/p+1/t12-/m1/s1. The van der Waals surface area contributed by atoms with Crippen LogP contribution in [0.2, 0.25) is 10.0 Å². The van der Waals surface area contributed by atoms with Crippen molar-refractivity contribution in [2.24, 2.45) is 0 Å². The van der Waals surface area contributed by atoms with E-state index in [0.717, 1.165) is 17.2 Å². The molecular formula is C15H15Cl2N2O4S+. The number of fused-ring (bicyclic) bond motifs is 1. The normalized spacial score (nSPS) is 23.4. The van der Waals surface area contributed by atoms with Gasteiger partial charge >= 0.3 is 5.97 Å². The first-order valence-electron chi connectivity index (χ1n) is 7.30. The fraction of sp³-hybridized carbons (Fsp3) is 0.400. The fourth-order valence-corrected chi connectivity index (χ4v) is 4.45. The van der Waals surface area contributed by atoms with Crippen LogP contribution in [-0.2, 0) is 9.53 Å². The Hall–Kier alpha value is -1.28. The number of hydrogen-bond donors (Lipinski definition) is 1. The molecule has 1 unspecified atom stereocenters. The lowest BCUT2D eigenvalue weighted by Gasteiger charge is -2.30. The number of nitrogens with zero attached hydrogens (tertiary/aromatic N) is 1. The van der Waals surface area contributed by atoms with Crippen molar-refractivity contribution in [1.82, 2.24) is 4.90 Å². The highest BCUT2D eigenvalue weighted by atomic mass is 35.5. The average Bonchev–Trinajstić information content (AvgIpc) is 2.80. The second-order valence-electron chi connectivity index (χ2n) is 5.60. The number of methoxy groups -OCH3 is 1. The van der Waals surface area contributed by atoms with E-state index in [2.05, 4.69) is 0 Å². The van der Waals surface area contributed by atoms with Gasteiger partial charge in [-0.05, 0) is 12.1 Å². The summed E-state index contributed by atoms with van der Waals surface area (Å²) in [5, 5.41) is 0.203. The van der Waals surface area contributed by atoms with Crippen LogP contribution in [-0.4, -0.2) is 60.6 Å². The van der Waals surface area contributed by atoms with E-state index in [1.54, 1.807) is 0 Å². The van der Waals surface area contributed by atoms with Gasteiger partial charge in [-0.15, -0.1) is 11.8 Å². The molecule has 0 bridgehead atoms. The Kier molecular flexibility index (Phi) is 5.05. The number of amides is 2. The molecule has 1 aromatic carbocycles. The molecule has 3 rings (SSSR count). The van der Waals surface area contributed by atoms with Crippen molar-refractivity contribution in [2.75, 3.05) is 32.6 Å². The Morgan fingerprint density at radius 1 is 1.29 bits per heavy atom. The van der Waals surface area contributed by atoms with Crippen LogP contribution in [0.4, 0.5) is 0 Å². The van der Waals surface area contributed by atoms with Crippen LogP contribution >= 0.6 is 35.0 Å². The van der Waals surface area contributed by atoms with Crippen molar-refractivity contribution in [2.45, 2.75) is 5.25 Å². The topological polar surface area (TPSA) is 68.1 Å². The number of imide groups is 1. The van der Waals surface area contributed by atoms with Crippen LogP contribution in [0.15, 0.2) is 12.1 Å². The monoisotopic (exact) mass is 389 g/mol. The molecule has 2 heterocycles. The summed E-state index contributed by atoms with van der Waals surface area (Å²) in [5.41, 5.74) is 0.536. The van der Waals surface area contributed by atoms with Gasteiger partial charge in [0.25, 0.3) is 11.8 Å². The van der Waals surface area contributed by atoms with Crippen molar-refractivity contribution in [3.63, 3.8) is 0 Å². The maximum atomic E-state index is 12.5. The van der Waals surface area contributed by atoms with Gasteiger partial charge in [-0.2, -0.15) is 0 Å². The van der Waals surface area contributed by atoms with Gasteiger partial charge in [0.2, 0.25) is 0 Å². The molecule has 1 saturated heterocycles. The van der Waals surface area contributed by atoms with Gasteiger partial charge in [0, 0.05) is 5.75 Å². The highest BCUT2D eigenvalue weighted by molar-refractivity contribution is 8.00. The van der Waals surface area contributed by atoms with Crippen molar-refractivity contribution in [3.8, 4) is 0 Å². The Bertz CT molecular complexity index is 687. The van der Waals surface area contributed by atoms with Crippen molar-refractivity contribution in [3.05, 3.63) is 33.3 Å². The van der Waals surface area contributed by atoms with Gasteiger partial charge in [-0.25, -0.2) is 4.90 Å². The molecule has 2 atom stereocenters. The number of nitrogens with one attached hydrogen (secondary N) is 1. The van der Waals surface area contributed by atoms with Crippen LogP contribution in [0.5, 0.6) is 0 Å². The van der Waals surface area contributed by atoms with E-state index in [0.29, 0.717) is 6.54 Å². The maximum Gasteiger partial charge on any atom is 0.324 e. The highest BCUT2D eigenvalue weighted by Crippen LogP contribution is 2.31. The number of thioether (sulfide) groups is 1. The predicted octanol–water partition coefficient (Wildman–Crippen LogP) is 0.720. The van der Waals surface area contributed by atoms with Crippen molar-refractivity contribution >= 4 is 52.7 Å². The second-order valence-corrected chi connectivity index (χ2v) is 7.72. The predicted molar refractivity (Wildman–Crippen MR) is 90.8 cm³/mol. The SMILES string of the molecule is COC(=O)[C@H]1C[NH+](CN2C(=O)c3cc(Cl)c(Cl)cc3C2=O)CCS1. The van der Waals surface area contributed by atoms with E-state index < -0.39 is 0 Å². The molecule has 128 valence electrons. The zero-order valence-electron chi connectivity index (χ0n) is 12.8. The first-order valence-corrected chi connectivity index (χ1v) is 9.11. The van der Waals surface area contributed by atoms with Gasteiger partial charge in [0.05, 0.1) is 34.8 Å². The number of esters is 1. The van der Waals surface area contributed by atoms with Gasteiger partial charge < -0.3 is 9.64 Å². The quantitative estimate of drug-likeness (QED) is 0.609. The third kappa shape index (κ3) is 3.13. The summed E-state index contributed by atoms with van der Waals surface area (Å²) in [6.45, 7) is 1.47. The third-order valence-corrected chi connectivity index (χ3v) is 6.03. The molecule has 1 aromatic rings. The van der Waals surface area contributed by atoms with Gasteiger partial charge in [-0.1, -0.05) is 23.2 Å². The number of quaternary nitrogens is 1. The van der Waals surface area contributed by atoms with E-state index in [9.17, 15) is 14.4 Å². The minimum absolute atomic E-state index is 0.204. The molecule has 2 aliphatic heterocycles. The number of hydrogen-bond acceptors (Lipinski definition) is 5. The number of carbonyl (C=O) groups is 3. The molecule has 0 radical (unpaired) electrons. The van der Waals surface area contributed by atoms with Crippen molar-refractivity contribution < 1.29 is 24.0 Å². The minimum Gasteiger partial charge on any atom is -0.468 e. The first kappa shape index (κ1) is 17.5. The fourth-order valence-electron chi connectivity index (χ4n) is 2.85. The Morgan fingerprint density at radius 3 is 2.42 bits per heavy atom. The van der Waals surface area contributed by atoms with E-state index in [1.807, 2.05) is 0 Å². The van der Waals surface area contributed by atoms with E-state index >= 15 is 0 Å². The summed E-state index contributed by atoms with van der Waals surface area (Å²) in [6.07, 6.45) is 0. The molecule has 24 heavy (non-hydrogen) atoms. The molecule has 2 amide bonds. The summed E-state index contributed by atoms with van der Waals surface area (Å²) in [6, 6.07) is 2.86. The van der Waals surface area contributed by atoms with Gasteiger partial charge in [-0.3, -0.25) is 14.4 Å². The molecule has 9 heteroatoms. The van der Waals surface area contributed by atoms with E-state index in [1.165, 1.54) is 35.9 Å². The molecule has 0 saturated carbocycles. The zero-order chi connectivity index (χ0) is 17.4. The molecule has 0 aliphatic carbocycles. The number of rotatable bonds is 3. The maximum absolute atomic E-state index is 12.5. The summed E-state index contributed by atoms with van der Waals surface area (Å²) >= 11 is 13.4. The van der Waals surface area contributed by atoms with Crippen LogP contribution in [0.25, 0.3) is 0 Å². The Morgan fingerprint density at radius 2 is 1.88 bits per heavy atom. The molecule has 1 N–H and O–H groups in total. The average molecular weight is 390 g/mol. The molecular weight excluding hydrogens is 375 g/mol. The lowest BCUT2D eigenvalue weighted by molar-refractivity contribution is -0.904. The van der Waals surface area contributed by atoms with Crippen molar-refractivity contribution in [1.29, 1.82) is 0 Å². The summed E-state index contributed by atoms with van der Waals surface area (Å²) in [7, 11) is 1.36. The largest absolute Gasteiger partial charge is 0.468 e. The molecule has 0 aromatic heterocycles. The number of benzene rings is 1. The second kappa shape index (κ2) is 6.92. The highest BCUT2D eigenvalue weighted by Gasteiger charge is 2.40. The summed E-state index contributed by atoms with van der Waals surface area (Å²) in [5.74, 6) is -0.281. The zero-order valence-corrected chi connectivity index (χ0v) is 15.1. The molecule has 0 spiro atoms. The number of ether oxygens (including phenoxy) is 1. The summed E-state index contributed by atoms with van der Waals surface area (Å²) in [4.78, 5) is 38.9. The molecule has 1 fully saturated rings. The Labute approximate surface area is 153 Å². The minimum atomic E-state index is -0.381. The van der Waals surface area contributed by atoms with E-state index in [4.69, 9.17) is 27.9 Å². The van der Waals surface area contributed by atoms with Gasteiger partial charge in [0.1, 0.15) is 6.54 Å². The van der Waals surface area contributed by atoms with Crippen LogP contribution in [0.1, 0.15) is 20.7 Å². The smallest absolute Gasteiger partial charge is 0.324 e.